The van der Waals surface area contributed by atoms with Crippen molar-refractivity contribution in [3.63, 3.8) is 0 Å². The fourth-order valence-corrected chi connectivity index (χ4v) is 4.20. The van der Waals surface area contributed by atoms with Crippen LogP contribution in [0.5, 0.6) is 0 Å². The maximum absolute atomic E-state index is 12.7. The summed E-state index contributed by atoms with van der Waals surface area (Å²) in [6.45, 7) is 0. The number of halogens is 4. The molecule has 1 aliphatic rings. The number of thioether (sulfide) groups is 1. The first-order valence-corrected chi connectivity index (χ1v) is 8.23. The number of alkyl halides is 3. The lowest BCUT2D eigenvalue weighted by Gasteiger charge is -2.21. The van der Waals surface area contributed by atoms with Gasteiger partial charge in [0.25, 0.3) is 0 Å². The summed E-state index contributed by atoms with van der Waals surface area (Å²) in [5.74, 6) is 1.58. The minimum atomic E-state index is -4.27. The molecular weight excluding hydrogens is 337 g/mol. The SMILES string of the molecule is FC(F)(F)c1cc(Br)cc(SCC2CCCCC2)c1. The van der Waals surface area contributed by atoms with Crippen LogP contribution >= 0.6 is 27.7 Å². The molecule has 0 radical (unpaired) electrons. The van der Waals surface area contributed by atoms with Crippen LogP contribution in [0.15, 0.2) is 27.6 Å². The Morgan fingerprint density at radius 1 is 1.11 bits per heavy atom. The third kappa shape index (κ3) is 4.71. The van der Waals surface area contributed by atoms with E-state index in [-0.39, 0.29) is 0 Å². The second-order valence-electron chi connectivity index (χ2n) is 4.99. The zero-order valence-corrected chi connectivity index (χ0v) is 12.9. The molecule has 0 unspecified atom stereocenters. The quantitative estimate of drug-likeness (QED) is 0.588. The molecule has 0 atom stereocenters. The van der Waals surface area contributed by atoms with Crippen LogP contribution < -0.4 is 0 Å². The smallest absolute Gasteiger partial charge is 0.166 e. The summed E-state index contributed by atoms with van der Waals surface area (Å²) in [5, 5.41) is 0. The molecule has 0 heterocycles. The normalized spacial score (nSPS) is 17.7. The number of benzene rings is 1. The molecule has 5 heteroatoms. The third-order valence-electron chi connectivity index (χ3n) is 3.41. The lowest BCUT2D eigenvalue weighted by atomic mass is 9.91. The van der Waals surface area contributed by atoms with E-state index in [0.29, 0.717) is 15.3 Å². The van der Waals surface area contributed by atoms with Crippen molar-refractivity contribution in [2.75, 3.05) is 5.75 Å². The Morgan fingerprint density at radius 3 is 2.42 bits per heavy atom. The summed E-state index contributed by atoms with van der Waals surface area (Å²) in [5.41, 5.74) is -0.576. The summed E-state index contributed by atoms with van der Waals surface area (Å²) < 4.78 is 38.6. The second-order valence-corrected chi connectivity index (χ2v) is 7.00. The van der Waals surface area contributed by atoms with E-state index in [0.717, 1.165) is 11.8 Å². The van der Waals surface area contributed by atoms with Gasteiger partial charge in [-0.1, -0.05) is 35.2 Å². The number of rotatable bonds is 3. The Bertz CT molecular complexity index is 425. The van der Waals surface area contributed by atoms with Crippen molar-refractivity contribution in [1.29, 1.82) is 0 Å². The average Bonchev–Trinajstić information content (AvgIpc) is 2.36. The van der Waals surface area contributed by atoms with Crippen molar-refractivity contribution in [3.05, 3.63) is 28.2 Å². The summed E-state index contributed by atoms with van der Waals surface area (Å²) in [7, 11) is 0. The first kappa shape index (κ1) is 15.2. The van der Waals surface area contributed by atoms with Crippen molar-refractivity contribution in [2.45, 2.75) is 43.2 Å². The average molecular weight is 353 g/mol. The lowest BCUT2D eigenvalue weighted by molar-refractivity contribution is -0.137. The minimum Gasteiger partial charge on any atom is -0.166 e. The van der Waals surface area contributed by atoms with Gasteiger partial charge in [0, 0.05) is 15.1 Å². The van der Waals surface area contributed by atoms with E-state index in [2.05, 4.69) is 15.9 Å². The molecule has 0 aliphatic heterocycles. The first-order valence-electron chi connectivity index (χ1n) is 6.46. The van der Waals surface area contributed by atoms with Gasteiger partial charge in [0.2, 0.25) is 0 Å². The first-order chi connectivity index (χ1) is 8.95. The van der Waals surface area contributed by atoms with Gasteiger partial charge in [-0.3, -0.25) is 0 Å². The van der Waals surface area contributed by atoms with Gasteiger partial charge in [0.15, 0.2) is 0 Å². The standard InChI is InChI=1S/C14H16BrF3S/c15-12-6-11(14(16,17)18)7-13(8-12)19-9-10-4-2-1-3-5-10/h6-8,10H,1-5,9H2. The zero-order chi connectivity index (χ0) is 13.9. The van der Waals surface area contributed by atoms with Crippen LogP contribution in [-0.2, 0) is 6.18 Å². The Labute approximate surface area is 124 Å². The van der Waals surface area contributed by atoms with Crippen molar-refractivity contribution in [3.8, 4) is 0 Å². The molecule has 1 saturated carbocycles. The van der Waals surface area contributed by atoms with Crippen LogP contribution in [0.25, 0.3) is 0 Å². The highest BCUT2D eigenvalue weighted by Crippen LogP contribution is 2.36. The molecule has 0 amide bonds. The molecule has 1 aliphatic carbocycles. The highest BCUT2D eigenvalue weighted by molar-refractivity contribution is 9.10. The minimum absolute atomic E-state index is 0.494. The number of hydrogen-bond acceptors (Lipinski definition) is 1. The van der Waals surface area contributed by atoms with Crippen LogP contribution in [0.2, 0.25) is 0 Å². The third-order valence-corrected chi connectivity index (χ3v) is 5.07. The highest BCUT2D eigenvalue weighted by Gasteiger charge is 2.31. The molecule has 0 nitrogen and oxygen atoms in total. The monoisotopic (exact) mass is 352 g/mol. The van der Waals surface area contributed by atoms with Gasteiger partial charge in [-0.05, 0) is 37.0 Å². The molecule has 2 rings (SSSR count). The molecule has 19 heavy (non-hydrogen) atoms. The Hall–Kier alpha value is -0.160. The molecule has 0 bridgehead atoms. The van der Waals surface area contributed by atoms with E-state index in [1.807, 2.05) is 0 Å². The van der Waals surface area contributed by atoms with E-state index < -0.39 is 11.7 Å². The summed E-state index contributed by atoms with van der Waals surface area (Å²) >= 11 is 4.70. The van der Waals surface area contributed by atoms with Gasteiger partial charge in [0.05, 0.1) is 5.56 Å². The Balaban J connectivity index is 2.01. The van der Waals surface area contributed by atoms with Gasteiger partial charge in [-0.25, -0.2) is 0 Å². The fraction of sp³-hybridized carbons (Fsp3) is 0.571. The molecule has 0 N–H and O–H groups in total. The van der Waals surface area contributed by atoms with Crippen LogP contribution in [0.1, 0.15) is 37.7 Å². The predicted molar refractivity (Wildman–Crippen MR) is 76.4 cm³/mol. The molecular formula is C14H16BrF3S. The summed E-state index contributed by atoms with van der Waals surface area (Å²) in [6.07, 6.45) is 1.98. The van der Waals surface area contributed by atoms with E-state index in [1.165, 1.54) is 38.2 Å². The van der Waals surface area contributed by atoms with E-state index in [1.54, 1.807) is 17.8 Å². The van der Waals surface area contributed by atoms with E-state index in [4.69, 9.17) is 0 Å². The largest absolute Gasteiger partial charge is 0.416 e. The van der Waals surface area contributed by atoms with Crippen LogP contribution in [-0.4, -0.2) is 5.75 Å². The van der Waals surface area contributed by atoms with E-state index in [9.17, 15) is 13.2 Å². The Morgan fingerprint density at radius 2 is 1.79 bits per heavy atom. The molecule has 106 valence electrons. The second kappa shape index (κ2) is 6.53. The van der Waals surface area contributed by atoms with E-state index >= 15 is 0 Å². The molecule has 1 aromatic carbocycles. The van der Waals surface area contributed by atoms with Crippen molar-refractivity contribution >= 4 is 27.7 Å². The van der Waals surface area contributed by atoms with Crippen molar-refractivity contribution in [1.82, 2.24) is 0 Å². The van der Waals surface area contributed by atoms with Crippen LogP contribution in [0, 0.1) is 5.92 Å². The highest BCUT2D eigenvalue weighted by atomic mass is 79.9. The fourth-order valence-electron chi connectivity index (χ4n) is 2.38. The molecule has 0 spiro atoms. The zero-order valence-electron chi connectivity index (χ0n) is 10.5. The number of hydrogen-bond donors (Lipinski definition) is 0. The maximum Gasteiger partial charge on any atom is 0.416 e. The predicted octanol–water partition coefficient (Wildman–Crippen LogP) is 6.14. The van der Waals surface area contributed by atoms with Gasteiger partial charge in [-0.15, -0.1) is 11.8 Å². The summed E-state index contributed by atoms with van der Waals surface area (Å²) in [6, 6.07) is 4.14. The molecule has 1 fully saturated rings. The van der Waals surface area contributed by atoms with Gasteiger partial charge < -0.3 is 0 Å². The molecule has 0 saturated heterocycles. The molecule has 0 aromatic heterocycles. The molecule has 1 aromatic rings. The van der Waals surface area contributed by atoms with Gasteiger partial charge in [0.1, 0.15) is 0 Å². The lowest BCUT2D eigenvalue weighted by Crippen LogP contribution is -2.09. The Kier molecular flexibility index (Phi) is 5.23. The van der Waals surface area contributed by atoms with Gasteiger partial charge >= 0.3 is 6.18 Å². The van der Waals surface area contributed by atoms with Crippen molar-refractivity contribution < 1.29 is 13.2 Å². The van der Waals surface area contributed by atoms with Gasteiger partial charge in [-0.2, -0.15) is 13.2 Å². The van der Waals surface area contributed by atoms with Crippen LogP contribution in [0.3, 0.4) is 0 Å². The maximum atomic E-state index is 12.7. The summed E-state index contributed by atoms with van der Waals surface area (Å²) in [4.78, 5) is 0.701. The van der Waals surface area contributed by atoms with Crippen molar-refractivity contribution in [2.24, 2.45) is 5.92 Å². The topological polar surface area (TPSA) is 0 Å². The van der Waals surface area contributed by atoms with Crippen LogP contribution in [0.4, 0.5) is 13.2 Å².